The van der Waals surface area contributed by atoms with Gasteiger partial charge in [-0.2, -0.15) is 17.5 Å². The van der Waals surface area contributed by atoms with E-state index in [9.17, 15) is 35.6 Å². The van der Waals surface area contributed by atoms with Crippen molar-refractivity contribution in [1.29, 1.82) is 0 Å². The Balaban J connectivity index is 1.60. The summed E-state index contributed by atoms with van der Waals surface area (Å²) in [6, 6.07) is 7.60. The van der Waals surface area contributed by atoms with E-state index in [0.717, 1.165) is 24.3 Å². The average Bonchev–Trinajstić information content (AvgIpc) is 2.79. The number of amides is 2. The van der Waals surface area contributed by atoms with Gasteiger partial charge in [-0.25, -0.2) is 12.8 Å². The van der Waals surface area contributed by atoms with Crippen molar-refractivity contribution in [3.63, 3.8) is 0 Å². The summed E-state index contributed by atoms with van der Waals surface area (Å²) in [5.74, 6) is -1.29. The Morgan fingerprint density at radius 3 is 2.11 bits per heavy atom. The summed E-state index contributed by atoms with van der Waals surface area (Å²) in [7, 11) is -3.99. The van der Waals surface area contributed by atoms with Gasteiger partial charge in [-0.15, -0.1) is 0 Å². The van der Waals surface area contributed by atoms with E-state index in [0.29, 0.717) is 5.56 Å². The second-order valence-electron chi connectivity index (χ2n) is 8.29. The highest BCUT2D eigenvalue weighted by Crippen LogP contribution is 2.30. The second kappa shape index (κ2) is 10.7. The van der Waals surface area contributed by atoms with Crippen LogP contribution in [-0.4, -0.2) is 49.7 Å². The van der Waals surface area contributed by atoms with E-state index in [2.05, 4.69) is 10.6 Å². The van der Waals surface area contributed by atoms with E-state index in [-0.39, 0.29) is 43.3 Å². The molecule has 0 unspecified atom stereocenters. The molecule has 1 heterocycles. The van der Waals surface area contributed by atoms with Gasteiger partial charge < -0.3 is 10.6 Å². The minimum atomic E-state index is -4.56. The molecule has 2 N–H and O–H groups in total. The van der Waals surface area contributed by atoms with Crippen molar-refractivity contribution in [2.75, 3.05) is 13.1 Å². The van der Waals surface area contributed by atoms with Crippen LogP contribution in [0, 0.1) is 5.82 Å². The highest BCUT2D eigenvalue weighted by molar-refractivity contribution is 7.89. The Morgan fingerprint density at radius 2 is 1.60 bits per heavy atom. The third-order valence-electron chi connectivity index (χ3n) is 5.67. The van der Waals surface area contributed by atoms with Crippen LogP contribution in [0.2, 0.25) is 0 Å². The molecule has 12 heteroatoms. The van der Waals surface area contributed by atoms with Gasteiger partial charge in [0, 0.05) is 32.5 Å². The predicted octanol–water partition coefficient (Wildman–Crippen LogP) is 2.86. The van der Waals surface area contributed by atoms with Crippen molar-refractivity contribution in [2.45, 2.75) is 49.3 Å². The van der Waals surface area contributed by atoms with E-state index >= 15 is 0 Å². The third kappa shape index (κ3) is 7.01. The Bertz CT molecular complexity index is 1140. The molecule has 2 amide bonds. The highest BCUT2D eigenvalue weighted by atomic mass is 32.2. The molecule has 2 aromatic rings. The van der Waals surface area contributed by atoms with Crippen LogP contribution >= 0.6 is 0 Å². The number of benzene rings is 2. The average molecular weight is 516 g/mol. The lowest BCUT2D eigenvalue weighted by atomic mass is 10.0. The molecule has 0 radical (unpaired) electrons. The number of sulfonamides is 1. The lowest BCUT2D eigenvalue weighted by Gasteiger charge is -2.32. The summed E-state index contributed by atoms with van der Waals surface area (Å²) in [5.41, 5.74) is -0.287. The first-order valence-corrected chi connectivity index (χ1v) is 12.3. The number of hydrogen-bond donors (Lipinski definition) is 2. The molecule has 190 valence electrons. The maximum Gasteiger partial charge on any atom is 0.416 e. The van der Waals surface area contributed by atoms with Crippen LogP contribution in [0.1, 0.15) is 30.9 Å². The van der Waals surface area contributed by atoms with Gasteiger partial charge in [0.15, 0.2) is 0 Å². The topological polar surface area (TPSA) is 95.6 Å². The Morgan fingerprint density at radius 1 is 1.03 bits per heavy atom. The van der Waals surface area contributed by atoms with Crippen molar-refractivity contribution < 1.29 is 35.6 Å². The molecule has 1 aliphatic rings. The first kappa shape index (κ1) is 26.6. The lowest BCUT2D eigenvalue weighted by molar-refractivity contribution is -0.137. The van der Waals surface area contributed by atoms with Gasteiger partial charge in [0.05, 0.1) is 10.5 Å². The van der Waals surface area contributed by atoms with Crippen LogP contribution < -0.4 is 10.6 Å². The first-order chi connectivity index (χ1) is 16.4. The number of carbonyl (C=O) groups excluding carboxylic acids is 2. The normalized spacial score (nSPS) is 16.5. The molecule has 0 saturated carbocycles. The smallest absolute Gasteiger partial charge is 0.351 e. The van der Waals surface area contributed by atoms with Crippen molar-refractivity contribution in [3.05, 3.63) is 65.5 Å². The van der Waals surface area contributed by atoms with Gasteiger partial charge in [-0.3, -0.25) is 9.59 Å². The molecule has 3 rings (SSSR count). The fourth-order valence-electron chi connectivity index (χ4n) is 3.82. The molecule has 2 aromatic carbocycles. The van der Waals surface area contributed by atoms with Crippen LogP contribution in [0.15, 0.2) is 53.4 Å². The quantitative estimate of drug-likeness (QED) is 0.555. The van der Waals surface area contributed by atoms with Crippen LogP contribution in [0.4, 0.5) is 17.6 Å². The monoisotopic (exact) mass is 515 g/mol. The minimum Gasteiger partial charge on any atom is -0.351 e. The number of rotatable bonds is 7. The van der Waals surface area contributed by atoms with Gasteiger partial charge in [-0.05, 0) is 54.8 Å². The van der Waals surface area contributed by atoms with Gasteiger partial charge in [0.2, 0.25) is 21.8 Å². The summed E-state index contributed by atoms with van der Waals surface area (Å²) in [5, 5.41) is 5.39. The molecular weight excluding hydrogens is 490 g/mol. The standard InChI is InChI=1S/C23H25F4N3O4S/c1-15(31)28-21(14-16-2-6-18(24)7-3-16)22(32)29-19-10-12-30(13-11-19)35(33,34)20-8-4-17(5-9-20)23(25,26)27/h2-9,19,21H,10-14H2,1H3,(H,28,31)(H,29,32)/t21-/m0/s1. The van der Waals surface area contributed by atoms with E-state index in [4.69, 9.17) is 0 Å². The minimum absolute atomic E-state index is 0.0665. The fraction of sp³-hybridized carbons (Fsp3) is 0.391. The molecule has 0 aromatic heterocycles. The summed E-state index contributed by atoms with van der Waals surface area (Å²) in [6.45, 7) is 1.41. The van der Waals surface area contributed by atoms with Gasteiger partial charge in [0.1, 0.15) is 11.9 Å². The zero-order chi connectivity index (χ0) is 25.8. The highest BCUT2D eigenvalue weighted by Gasteiger charge is 2.33. The van der Waals surface area contributed by atoms with Gasteiger partial charge >= 0.3 is 6.18 Å². The molecular formula is C23H25F4N3O4S. The molecule has 1 saturated heterocycles. The number of nitrogens with zero attached hydrogens (tertiary/aromatic N) is 1. The molecule has 1 aliphatic heterocycles. The number of carbonyl (C=O) groups is 2. The Labute approximate surface area is 200 Å². The van der Waals surface area contributed by atoms with E-state index < -0.39 is 45.4 Å². The van der Waals surface area contributed by atoms with Gasteiger partial charge in [0.25, 0.3) is 0 Å². The molecule has 0 spiro atoms. The molecule has 1 atom stereocenters. The fourth-order valence-corrected chi connectivity index (χ4v) is 5.29. The Kier molecular flexibility index (Phi) is 8.16. The summed E-state index contributed by atoms with van der Waals surface area (Å²) in [6.07, 6.45) is -3.85. The van der Waals surface area contributed by atoms with E-state index in [1.54, 1.807) is 0 Å². The molecule has 0 aliphatic carbocycles. The molecule has 1 fully saturated rings. The number of piperidine rings is 1. The van der Waals surface area contributed by atoms with E-state index in [1.807, 2.05) is 0 Å². The maximum absolute atomic E-state index is 13.1. The van der Waals surface area contributed by atoms with Crippen molar-refractivity contribution in [3.8, 4) is 0 Å². The predicted molar refractivity (Wildman–Crippen MR) is 119 cm³/mol. The van der Waals surface area contributed by atoms with Crippen LogP contribution in [-0.2, 0) is 32.2 Å². The number of halogens is 4. The molecule has 7 nitrogen and oxygen atoms in total. The maximum atomic E-state index is 13.1. The van der Waals surface area contributed by atoms with Gasteiger partial charge in [-0.1, -0.05) is 12.1 Å². The van der Waals surface area contributed by atoms with Crippen molar-refractivity contribution in [1.82, 2.24) is 14.9 Å². The summed E-state index contributed by atoms with van der Waals surface area (Å²) < 4.78 is 78.2. The third-order valence-corrected chi connectivity index (χ3v) is 7.58. The van der Waals surface area contributed by atoms with E-state index in [1.165, 1.54) is 35.5 Å². The second-order valence-corrected chi connectivity index (χ2v) is 10.2. The summed E-state index contributed by atoms with van der Waals surface area (Å²) in [4.78, 5) is 24.1. The number of alkyl halides is 3. The van der Waals surface area contributed by atoms with Crippen LogP contribution in [0.25, 0.3) is 0 Å². The lowest BCUT2D eigenvalue weighted by Crippen LogP contribution is -2.53. The molecule has 35 heavy (non-hydrogen) atoms. The van der Waals surface area contributed by atoms with Crippen LogP contribution in [0.5, 0.6) is 0 Å². The zero-order valence-corrected chi connectivity index (χ0v) is 19.6. The number of hydrogen-bond acceptors (Lipinski definition) is 4. The Hall–Kier alpha value is -2.99. The van der Waals surface area contributed by atoms with Crippen molar-refractivity contribution >= 4 is 21.8 Å². The number of nitrogens with one attached hydrogen (secondary N) is 2. The van der Waals surface area contributed by atoms with Crippen LogP contribution in [0.3, 0.4) is 0 Å². The summed E-state index contributed by atoms with van der Waals surface area (Å²) >= 11 is 0. The molecule has 0 bridgehead atoms. The zero-order valence-electron chi connectivity index (χ0n) is 18.8. The van der Waals surface area contributed by atoms with Crippen molar-refractivity contribution in [2.24, 2.45) is 0 Å². The first-order valence-electron chi connectivity index (χ1n) is 10.9. The largest absolute Gasteiger partial charge is 0.416 e. The SMILES string of the molecule is CC(=O)N[C@@H](Cc1ccc(F)cc1)C(=O)NC1CCN(S(=O)(=O)c2ccc(C(F)(F)F)cc2)CC1.